The molecule has 0 saturated carbocycles. The van der Waals surface area contributed by atoms with E-state index in [9.17, 15) is 21.6 Å². The van der Waals surface area contributed by atoms with E-state index in [2.05, 4.69) is 0 Å². The minimum absolute atomic E-state index is 0.0762. The van der Waals surface area contributed by atoms with Gasteiger partial charge in [-0.1, -0.05) is 25.1 Å². The summed E-state index contributed by atoms with van der Waals surface area (Å²) >= 11 is 0. The summed E-state index contributed by atoms with van der Waals surface area (Å²) in [5, 5.41) is 0. The molecule has 3 nitrogen and oxygen atoms in total. The third kappa shape index (κ3) is 4.21. The van der Waals surface area contributed by atoms with Crippen LogP contribution in [0.25, 0.3) is 0 Å². The van der Waals surface area contributed by atoms with Gasteiger partial charge in [-0.2, -0.15) is 17.5 Å². The lowest BCUT2D eigenvalue weighted by molar-refractivity contribution is -0.136. The molecule has 0 aromatic heterocycles. The first kappa shape index (κ1) is 16.0. The van der Waals surface area contributed by atoms with Gasteiger partial charge in [-0.15, -0.1) is 0 Å². The molecule has 0 bridgehead atoms. The van der Waals surface area contributed by atoms with E-state index in [4.69, 9.17) is 0 Å². The molecule has 7 heteroatoms. The number of aryl methyl sites for hydroxylation is 1. The standard InChI is InChI=1S/C12H16F3NO2S/c1-3-8-16(9-12(13,14)15)19(17,18)11-7-5-4-6-10(11)2/h4-7H,3,8-9H2,1-2H3. The highest BCUT2D eigenvalue weighted by molar-refractivity contribution is 7.89. The Morgan fingerprint density at radius 2 is 1.79 bits per heavy atom. The highest BCUT2D eigenvalue weighted by Gasteiger charge is 2.36. The van der Waals surface area contributed by atoms with Crippen LogP contribution in [-0.4, -0.2) is 32.0 Å². The van der Waals surface area contributed by atoms with Gasteiger partial charge in [0.05, 0.1) is 4.90 Å². The monoisotopic (exact) mass is 295 g/mol. The maximum atomic E-state index is 12.5. The van der Waals surface area contributed by atoms with E-state index in [1.807, 2.05) is 0 Å². The highest BCUT2D eigenvalue weighted by Crippen LogP contribution is 2.24. The van der Waals surface area contributed by atoms with Crippen molar-refractivity contribution in [2.75, 3.05) is 13.1 Å². The van der Waals surface area contributed by atoms with E-state index in [-0.39, 0.29) is 11.4 Å². The number of nitrogens with zero attached hydrogens (tertiary/aromatic N) is 1. The smallest absolute Gasteiger partial charge is 0.207 e. The van der Waals surface area contributed by atoms with Gasteiger partial charge in [-0.05, 0) is 25.0 Å². The van der Waals surface area contributed by atoms with Gasteiger partial charge in [0.1, 0.15) is 6.54 Å². The molecule has 0 aliphatic heterocycles. The molecule has 0 saturated heterocycles. The summed E-state index contributed by atoms with van der Waals surface area (Å²) in [5.41, 5.74) is 0.436. The van der Waals surface area contributed by atoms with E-state index in [0.717, 1.165) is 0 Å². The van der Waals surface area contributed by atoms with Gasteiger partial charge in [0.15, 0.2) is 0 Å². The second-order valence-corrected chi connectivity index (χ2v) is 6.13. The van der Waals surface area contributed by atoms with Gasteiger partial charge in [0.2, 0.25) is 10.0 Å². The molecule has 0 spiro atoms. The number of alkyl halides is 3. The predicted octanol–water partition coefficient (Wildman–Crippen LogP) is 2.96. The van der Waals surface area contributed by atoms with Crippen LogP contribution in [0.15, 0.2) is 29.2 Å². The third-order valence-electron chi connectivity index (χ3n) is 2.54. The second kappa shape index (κ2) is 5.92. The summed E-state index contributed by atoms with van der Waals surface area (Å²) in [6.45, 7) is 1.58. The van der Waals surface area contributed by atoms with Gasteiger partial charge in [-0.25, -0.2) is 8.42 Å². The van der Waals surface area contributed by atoms with Gasteiger partial charge < -0.3 is 0 Å². The van der Waals surface area contributed by atoms with Crippen molar-refractivity contribution in [1.82, 2.24) is 4.31 Å². The van der Waals surface area contributed by atoms with Crippen LogP contribution in [0.2, 0.25) is 0 Å². The van der Waals surface area contributed by atoms with Crippen LogP contribution >= 0.6 is 0 Å². The minimum Gasteiger partial charge on any atom is -0.207 e. The van der Waals surface area contributed by atoms with Crippen molar-refractivity contribution in [2.24, 2.45) is 0 Å². The number of rotatable bonds is 5. The summed E-state index contributed by atoms with van der Waals surface area (Å²) in [6.07, 6.45) is -4.23. The first-order valence-electron chi connectivity index (χ1n) is 5.81. The Morgan fingerprint density at radius 3 is 2.26 bits per heavy atom. The Labute approximate surface area is 111 Å². The Morgan fingerprint density at radius 1 is 1.21 bits per heavy atom. The first-order valence-corrected chi connectivity index (χ1v) is 7.25. The van der Waals surface area contributed by atoms with Crippen molar-refractivity contribution in [2.45, 2.75) is 31.3 Å². The van der Waals surface area contributed by atoms with E-state index in [1.165, 1.54) is 12.1 Å². The summed E-state index contributed by atoms with van der Waals surface area (Å²) in [4.78, 5) is -0.0762. The molecule has 0 aliphatic rings. The number of benzene rings is 1. The minimum atomic E-state index is -4.55. The molecule has 0 unspecified atom stereocenters. The fourth-order valence-corrected chi connectivity index (χ4v) is 3.46. The Balaban J connectivity index is 3.17. The SMILES string of the molecule is CCCN(CC(F)(F)F)S(=O)(=O)c1ccccc1C. The predicted molar refractivity (Wildman–Crippen MR) is 66.3 cm³/mol. The normalized spacial score (nSPS) is 12.9. The lowest BCUT2D eigenvalue weighted by atomic mass is 10.2. The van der Waals surface area contributed by atoms with Crippen molar-refractivity contribution >= 4 is 10.0 Å². The van der Waals surface area contributed by atoms with E-state index in [0.29, 0.717) is 16.3 Å². The number of sulfonamides is 1. The zero-order chi connectivity index (χ0) is 14.7. The van der Waals surface area contributed by atoms with Crippen molar-refractivity contribution in [3.05, 3.63) is 29.8 Å². The van der Waals surface area contributed by atoms with Crippen LogP contribution < -0.4 is 0 Å². The van der Waals surface area contributed by atoms with Crippen LogP contribution in [0.5, 0.6) is 0 Å². The number of hydrogen-bond acceptors (Lipinski definition) is 2. The molecular weight excluding hydrogens is 279 g/mol. The van der Waals surface area contributed by atoms with Gasteiger partial charge in [-0.3, -0.25) is 0 Å². The molecule has 0 N–H and O–H groups in total. The molecule has 0 atom stereocenters. The number of hydrogen-bond donors (Lipinski definition) is 0. The summed E-state index contributed by atoms with van der Waals surface area (Å²) < 4.78 is 62.4. The molecule has 0 aliphatic carbocycles. The van der Waals surface area contributed by atoms with E-state index >= 15 is 0 Å². The van der Waals surface area contributed by atoms with Crippen LogP contribution in [0.3, 0.4) is 0 Å². The van der Waals surface area contributed by atoms with Crippen molar-refractivity contribution < 1.29 is 21.6 Å². The lowest BCUT2D eigenvalue weighted by Gasteiger charge is -2.23. The topological polar surface area (TPSA) is 37.4 Å². The maximum absolute atomic E-state index is 12.5. The molecule has 108 valence electrons. The first-order chi connectivity index (χ1) is 8.68. The quantitative estimate of drug-likeness (QED) is 0.837. The molecule has 0 heterocycles. The largest absolute Gasteiger partial charge is 0.402 e. The maximum Gasteiger partial charge on any atom is 0.402 e. The Hall–Kier alpha value is -1.08. The fraction of sp³-hybridized carbons (Fsp3) is 0.500. The highest BCUT2D eigenvalue weighted by atomic mass is 32.2. The summed E-state index contributed by atoms with van der Waals surface area (Å²) in [5.74, 6) is 0. The molecule has 1 aromatic carbocycles. The Kier molecular flexibility index (Phi) is 4.98. The molecule has 1 aromatic rings. The summed E-state index contributed by atoms with van der Waals surface area (Å²) in [6, 6.07) is 6.02. The van der Waals surface area contributed by atoms with Crippen molar-refractivity contribution in [3.63, 3.8) is 0 Å². The van der Waals surface area contributed by atoms with Crippen molar-refractivity contribution in [3.8, 4) is 0 Å². The van der Waals surface area contributed by atoms with E-state index < -0.39 is 22.7 Å². The fourth-order valence-electron chi connectivity index (χ4n) is 1.72. The lowest BCUT2D eigenvalue weighted by Crippen LogP contribution is -2.39. The van der Waals surface area contributed by atoms with Gasteiger partial charge in [0, 0.05) is 6.54 Å². The average Bonchev–Trinajstić information content (AvgIpc) is 2.27. The van der Waals surface area contributed by atoms with Crippen LogP contribution in [0, 0.1) is 6.92 Å². The third-order valence-corrected chi connectivity index (χ3v) is 4.55. The number of halogens is 3. The zero-order valence-electron chi connectivity index (χ0n) is 10.7. The van der Waals surface area contributed by atoms with E-state index in [1.54, 1.807) is 26.0 Å². The van der Waals surface area contributed by atoms with Crippen molar-refractivity contribution in [1.29, 1.82) is 0 Å². The zero-order valence-corrected chi connectivity index (χ0v) is 11.6. The second-order valence-electron chi connectivity index (χ2n) is 4.22. The Bertz CT molecular complexity index is 526. The molecule has 19 heavy (non-hydrogen) atoms. The average molecular weight is 295 g/mol. The van der Waals surface area contributed by atoms with Crippen LogP contribution in [-0.2, 0) is 10.0 Å². The van der Waals surface area contributed by atoms with Gasteiger partial charge in [0.25, 0.3) is 0 Å². The molecule has 0 amide bonds. The summed E-state index contributed by atoms with van der Waals surface area (Å²) in [7, 11) is -4.11. The van der Waals surface area contributed by atoms with Gasteiger partial charge >= 0.3 is 6.18 Å². The van der Waals surface area contributed by atoms with Crippen LogP contribution in [0.1, 0.15) is 18.9 Å². The molecule has 0 fully saturated rings. The van der Waals surface area contributed by atoms with Crippen LogP contribution in [0.4, 0.5) is 13.2 Å². The molecular formula is C12H16F3NO2S. The molecule has 0 radical (unpaired) electrons. The molecule has 1 rings (SSSR count).